The van der Waals surface area contributed by atoms with E-state index in [0.29, 0.717) is 16.3 Å². The van der Waals surface area contributed by atoms with E-state index in [1.807, 2.05) is 42.5 Å². The summed E-state index contributed by atoms with van der Waals surface area (Å²) in [7, 11) is 0. The quantitative estimate of drug-likeness (QED) is 0.658. The Morgan fingerprint density at radius 2 is 1.46 bits per heavy atom. The second-order valence-electron chi connectivity index (χ2n) is 5.16. The van der Waals surface area contributed by atoms with E-state index in [9.17, 15) is 4.79 Å². The zero-order valence-corrected chi connectivity index (χ0v) is 13.5. The van der Waals surface area contributed by atoms with Crippen LogP contribution in [0.15, 0.2) is 78.9 Å². The molecule has 0 unspecified atom stereocenters. The molecule has 3 heteroatoms. The van der Waals surface area contributed by atoms with Crippen LogP contribution < -0.4 is 5.32 Å². The Morgan fingerprint density at radius 3 is 2.12 bits per heavy atom. The van der Waals surface area contributed by atoms with Gasteiger partial charge in [-0.3, -0.25) is 4.79 Å². The highest BCUT2D eigenvalue weighted by Crippen LogP contribution is 2.16. The predicted octanol–water partition coefficient (Wildman–Crippen LogP) is 4.99. The molecule has 0 fully saturated rings. The number of carbonyl (C=O) groups excluding carboxylic acids is 1. The van der Waals surface area contributed by atoms with Crippen molar-refractivity contribution in [3.05, 3.63) is 101 Å². The summed E-state index contributed by atoms with van der Waals surface area (Å²) in [5.41, 5.74) is 3.05. The highest BCUT2D eigenvalue weighted by atomic mass is 35.5. The molecule has 2 nitrogen and oxygen atoms in total. The van der Waals surface area contributed by atoms with Gasteiger partial charge in [-0.05, 0) is 54.6 Å². The minimum atomic E-state index is -0.181. The highest BCUT2D eigenvalue weighted by Gasteiger charge is 2.05. The van der Waals surface area contributed by atoms with E-state index in [2.05, 4.69) is 17.2 Å². The lowest BCUT2D eigenvalue weighted by molar-refractivity contribution is 0.102. The Morgan fingerprint density at radius 1 is 0.792 bits per heavy atom. The van der Waals surface area contributed by atoms with E-state index < -0.39 is 0 Å². The number of amides is 1. The van der Waals surface area contributed by atoms with Crippen molar-refractivity contribution < 1.29 is 4.79 Å². The van der Waals surface area contributed by atoms with Gasteiger partial charge >= 0.3 is 0 Å². The molecule has 1 N–H and O–H groups in total. The maximum absolute atomic E-state index is 12.2. The average molecular weight is 332 g/mol. The molecular weight excluding hydrogens is 318 g/mol. The van der Waals surface area contributed by atoms with Crippen molar-refractivity contribution in [3.63, 3.8) is 0 Å². The van der Waals surface area contributed by atoms with Gasteiger partial charge in [-0.2, -0.15) is 0 Å². The normalized spacial score (nSPS) is 9.71. The maximum atomic E-state index is 12.2. The average Bonchev–Trinajstić information content (AvgIpc) is 2.61. The molecule has 0 aromatic heterocycles. The first-order valence-electron chi connectivity index (χ1n) is 7.45. The van der Waals surface area contributed by atoms with Crippen LogP contribution in [0.3, 0.4) is 0 Å². The molecule has 0 spiro atoms. The lowest BCUT2D eigenvalue weighted by atomic mass is 10.1. The zero-order valence-electron chi connectivity index (χ0n) is 12.8. The van der Waals surface area contributed by atoms with Crippen molar-refractivity contribution in [1.82, 2.24) is 0 Å². The van der Waals surface area contributed by atoms with E-state index in [1.54, 1.807) is 36.4 Å². The molecule has 24 heavy (non-hydrogen) atoms. The molecular formula is C21H14ClNO. The minimum Gasteiger partial charge on any atom is -0.322 e. The van der Waals surface area contributed by atoms with Crippen molar-refractivity contribution in [2.24, 2.45) is 0 Å². The van der Waals surface area contributed by atoms with Crippen LogP contribution in [-0.2, 0) is 0 Å². The Balaban J connectivity index is 1.70. The van der Waals surface area contributed by atoms with Crippen LogP contribution in [0.1, 0.15) is 21.5 Å². The van der Waals surface area contributed by atoms with Crippen molar-refractivity contribution in [2.45, 2.75) is 0 Å². The number of hydrogen-bond donors (Lipinski definition) is 1. The van der Waals surface area contributed by atoms with E-state index >= 15 is 0 Å². The molecule has 0 saturated heterocycles. The smallest absolute Gasteiger partial charge is 0.255 e. The molecule has 0 aliphatic rings. The first-order chi connectivity index (χ1) is 11.7. The molecule has 116 valence electrons. The summed E-state index contributed by atoms with van der Waals surface area (Å²) in [4.78, 5) is 12.2. The molecule has 3 rings (SSSR count). The Hall–Kier alpha value is -3.02. The summed E-state index contributed by atoms with van der Waals surface area (Å²) in [5, 5.41) is 3.40. The molecule has 0 bridgehead atoms. The predicted molar refractivity (Wildman–Crippen MR) is 98.3 cm³/mol. The van der Waals surface area contributed by atoms with Gasteiger partial charge in [0, 0.05) is 27.4 Å². The van der Waals surface area contributed by atoms with Gasteiger partial charge in [0.1, 0.15) is 0 Å². The molecule has 0 radical (unpaired) electrons. The number of rotatable bonds is 2. The summed E-state index contributed by atoms with van der Waals surface area (Å²) in [5.74, 6) is 5.99. The summed E-state index contributed by atoms with van der Waals surface area (Å²) in [6.45, 7) is 0. The fourth-order valence-electron chi connectivity index (χ4n) is 2.14. The van der Waals surface area contributed by atoms with Gasteiger partial charge < -0.3 is 5.32 Å². The van der Waals surface area contributed by atoms with Crippen molar-refractivity contribution in [2.75, 3.05) is 5.32 Å². The lowest BCUT2D eigenvalue weighted by Gasteiger charge is -2.05. The van der Waals surface area contributed by atoms with Gasteiger partial charge in [0.2, 0.25) is 0 Å². The fraction of sp³-hybridized carbons (Fsp3) is 0. The van der Waals surface area contributed by atoms with E-state index in [4.69, 9.17) is 11.6 Å². The fourth-order valence-corrected chi connectivity index (χ4v) is 2.33. The van der Waals surface area contributed by atoms with E-state index in [-0.39, 0.29) is 5.91 Å². The first kappa shape index (κ1) is 15.9. The van der Waals surface area contributed by atoms with Gasteiger partial charge in [-0.1, -0.05) is 47.7 Å². The van der Waals surface area contributed by atoms with Crippen molar-refractivity contribution >= 4 is 23.2 Å². The van der Waals surface area contributed by atoms with E-state index in [0.717, 1.165) is 11.1 Å². The van der Waals surface area contributed by atoms with Gasteiger partial charge in [-0.15, -0.1) is 0 Å². The summed E-state index contributed by atoms with van der Waals surface area (Å²) in [6, 6.07) is 24.0. The Labute approximate surface area is 146 Å². The molecule has 3 aromatic carbocycles. The van der Waals surface area contributed by atoms with Crippen LogP contribution in [0.25, 0.3) is 0 Å². The maximum Gasteiger partial charge on any atom is 0.255 e. The highest BCUT2D eigenvalue weighted by molar-refractivity contribution is 6.30. The second-order valence-corrected chi connectivity index (χ2v) is 5.59. The first-order valence-corrected chi connectivity index (χ1v) is 7.82. The van der Waals surface area contributed by atoms with Crippen LogP contribution in [0.4, 0.5) is 5.69 Å². The Kier molecular flexibility index (Phi) is 4.96. The number of carbonyl (C=O) groups is 1. The third kappa shape index (κ3) is 4.25. The number of halogens is 1. The van der Waals surface area contributed by atoms with Gasteiger partial charge in [-0.25, -0.2) is 0 Å². The molecule has 1 amide bonds. The van der Waals surface area contributed by atoms with Crippen LogP contribution in [0, 0.1) is 11.8 Å². The van der Waals surface area contributed by atoms with Gasteiger partial charge in [0.25, 0.3) is 5.91 Å². The molecule has 0 heterocycles. The van der Waals surface area contributed by atoms with Crippen molar-refractivity contribution in [3.8, 4) is 11.8 Å². The zero-order chi connectivity index (χ0) is 16.8. The minimum absolute atomic E-state index is 0.181. The van der Waals surface area contributed by atoms with Gasteiger partial charge in [0.15, 0.2) is 0 Å². The number of benzene rings is 3. The van der Waals surface area contributed by atoms with Gasteiger partial charge in [0.05, 0.1) is 0 Å². The molecule has 0 aliphatic carbocycles. The summed E-state index contributed by atoms with van der Waals surface area (Å²) >= 11 is 5.91. The number of nitrogens with one attached hydrogen (secondary N) is 1. The summed E-state index contributed by atoms with van der Waals surface area (Å²) in [6.07, 6.45) is 0. The molecule has 0 atom stereocenters. The van der Waals surface area contributed by atoms with Crippen LogP contribution in [0.2, 0.25) is 5.02 Å². The Bertz CT molecular complexity index is 906. The van der Waals surface area contributed by atoms with Crippen LogP contribution in [0.5, 0.6) is 0 Å². The topological polar surface area (TPSA) is 29.1 Å². The molecule has 3 aromatic rings. The number of anilines is 1. The summed E-state index contributed by atoms with van der Waals surface area (Å²) < 4.78 is 0. The second kappa shape index (κ2) is 7.50. The lowest BCUT2D eigenvalue weighted by Crippen LogP contribution is -2.11. The third-order valence-electron chi connectivity index (χ3n) is 3.35. The van der Waals surface area contributed by atoms with Crippen molar-refractivity contribution in [1.29, 1.82) is 0 Å². The van der Waals surface area contributed by atoms with E-state index in [1.165, 1.54) is 0 Å². The largest absolute Gasteiger partial charge is 0.322 e. The molecule has 0 saturated carbocycles. The van der Waals surface area contributed by atoms with Crippen LogP contribution in [-0.4, -0.2) is 5.91 Å². The monoisotopic (exact) mass is 331 g/mol. The standard InChI is InChI=1S/C21H14ClNO/c22-19-7-4-8-20(15-19)23-21(24)18-13-11-17(12-14-18)10-9-16-5-2-1-3-6-16/h1-8,11-15H,(H,23,24). The third-order valence-corrected chi connectivity index (χ3v) is 3.59. The van der Waals surface area contributed by atoms with Crippen LogP contribution >= 0.6 is 11.6 Å². The SMILES string of the molecule is O=C(Nc1cccc(Cl)c1)c1ccc(C#Cc2ccccc2)cc1. The molecule has 0 aliphatic heterocycles. The number of hydrogen-bond acceptors (Lipinski definition) is 1.